The van der Waals surface area contributed by atoms with Crippen LogP contribution in [0.1, 0.15) is 23.1 Å². The summed E-state index contributed by atoms with van der Waals surface area (Å²) in [5.74, 6) is 6.20. The Kier molecular flexibility index (Phi) is 5.30. The van der Waals surface area contributed by atoms with Crippen molar-refractivity contribution in [2.45, 2.75) is 20.0 Å². The van der Waals surface area contributed by atoms with E-state index in [4.69, 9.17) is 9.84 Å². The molecular formula is C17H16FNO2. The summed E-state index contributed by atoms with van der Waals surface area (Å²) in [6, 6.07) is 7.02. The second-order valence-electron chi connectivity index (χ2n) is 4.56. The lowest BCUT2D eigenvalue weighted by atomic mass is 10.1. The van der Waals surface area contributed by atoms with E-state index in [-0.39, 0.29) is 19.0 Å². The molecule has 0 aliphatic rings. The molecule has 1 aromatic heterocycles. The molecule has 0 aliphatic heterocycles. The Morgan fingerprint density at radius 3 is 2.86 bits per heavy atom. The van der Waals surface area contributed by atoms with Crippen LogP contribution in [-0.2, 0) is 6.61 Å². The molecule has 0 spiro atoms. The Balaban J connectivity index is 2.03. The minimum absolute atomic E-state index is 0.0643. The van der Waals surface area contributed by atoms with E-state index in [2.05, 4.69) is 16.8 Å². The lowest BCUT2D eigenvalue weighted by molar-refractivity contribution is 0.303. The summed E-state index contributed by atoms with van der Waals surface area (Å²) >= 11 is 0. The fraction of sp³-hybridized carbons (Fsp3) is 0.235. The zero-order chi connectivity index (χ0) is 15.1. The smallest absolute Gasteiger partial charge is 0.141 e. The van der Waals surface area contributed by atoms with Crippen molar-refractivity contribution < 1.29 is 14.2 Å². The molecule has 1 N–H and O–H groups in total. The Bertz CT molecular complexity index is 674. The van der Waals surface area contributed by atoms with Gasteiger partial charge in [0.2, 0.25) is 0 Å². The van der Waals surface area contributed by atoms with Crippen LogP contribution in [0.4, 0.5) is 4.39 Å². The van der Waals surface area contributed by atoms with Gasteiger partial charge in [0.05, 0.1) is 12.8 Å². The number of aromatic nitrogens is 1. The van der Waals surface area contributed by atoms with E-state index in [1.165, 1.54) is 6.07 Å². The molecule has 2 aromatic rings. The van der Waals surface area contributed by atoms with Crippen molar-refractivity contribution in [3.63, 3.8) is 0 Å². The first-order chi connectivity index (χ1) is 10.2. The predicted molar refractivity (Wildman–Crippen MR) is 78.3 cm³/mol. The van der Waals surface area contributed by atoms with Gasteiger partial charge in [-0.15, -0.1) is 0 Å². The Hall–Kier alpha value is -2.38. The van der Waals surface area contributed by atoms with Crippen LogP contribution in [-0.4, -0.2) is 16.7 Å². The van der Waals surface area contributed by atoms with Crippen LogP contribution in [0.5, 0.6) is 5.75 Å². The third-order valence-electron chi connectivity index (χ3n) is 2.80. The van der Waals surface area contributed by atoms with Crippen molar-refractivity contribution >= 4 is 0 Å². The van der Waals surface area contributed by atoms with Gasteiger partial charge in [0, 0.05) is 23.7 Å². The summed E-state index contributed by atoms with van der Waals surface area (Å²) in [5.41, 5.74) is 2.51. The minimum Gasteiger partial charge on any atom is -0.489 e. The average Bonchev–Trinajstić information content (AvgIpc) is 2.47. The molecule has 108 valence electrons. The van der Waals surface area contributed by atoms with E-state index in [1.807, 2.05) is 25.1 Å². The summed E-state index contributed by atoms with van der Waals surface area (Å²) < 4.78 is 18.7. The maximum absolute atomic E-state index is 13.0. The zero-order valence-corrected chi connectivity index (χ0v) is 11.8. The number of nitrogens with zero attached hydrogens (tertiary/aromatic N) is 1. The lowest BCUT2D eigenvalue weighted by Gasteiger charge is -2.09. The third-order valence-corrected chi connectivity index (χ3v) is 2.80. The van der Waals surface area contributed by atoms with E-state index < -0.39 is 0 Å². The van der Waals surface area contributed by atoms with Crippen LogP contribution in [0.15, 0.2) is 36.7 Å². The number of benzene rings is 1. The number of halogens is 1. The van der Waals surface area contributed by atoms with Gasteiger partial charge in [-0.3, -0.25) is 4.98 Å². The van der Waals surface area contributed by atoms with E-state index in [9.17, 15) is 4.39 Å². The van der Waals surface area contributed by atoms with Crippen molar-refractivity contribution in [1.29, 1.82) is 0 Å². The second-order valence-corrected chi connectivity index (χ2v) is 4.56. The molecule has 0 radical (unpaired) electrons. The fourth-order valence-electron chi connectivity index (χ4n) is 1.81. The van der Waals surface area contributed by atoms with Crippen molar-refractivity contribution in [3.8, 4) is 17.6 Å². The van der Waals surface area contributed by atoms with Crippen LogP contribution in [0, 0.1) is 24.6 Å². The van der Waals surface area contributed by atoms with Gasteiger partial charge in [-0.1, -0.05) is 11.8 Å². The predicted octanol–water partition coefficient (Wildman–Crippen LogP) is 2.84. The first-order valence-electron chi connectivity index (χ1n) is 6.61. The van der Waals surface area contributed by atoms with E-state index in [0.29, 0.717) is 12.0 Å². The summed E-state index contributed by atoms with van der Waals surface area (Å²) in [7, 11) is 0. The first-order valence-corrected chi connectivity index (χ1v) is 6.61. The van der Waals surface area contributed by atoms with Crippen LogP contribution in [0.2, 0.25) is 0 Å². The molecule has 1 aromatic carbocycles. The molecule has 0 fully saturated rings. The van der Waals surface area contributed by atoms with Crippen molar-refractivity contribution in [3.05, 3.63) is 59.2 Å². The van der Waals surface area contributed by atoms with Gasteiger partial charge in [-0.05, 0) is 36.8 Å². The molecule has 2 rings (SSSR count). The Morgan fingerprint density at radius 2 is 2.14 bits per heavy atom. The van der Waals surface area contributed by atoms with Gasteiger partial charge < -0.3 is 9.84 Å². The highest BCUT2D eigenvalue weighted by molar-refractivity contribution is 5.43. The molecule has 0 unspecified atom stereocenters. The van der Waals surface area contributed by atoms with Gasteiger partial charge in [0.15, 0.2) is 0 Å². The quantitative estimate of drug-likeness (QED) is 0.878. The number of hydrogen-bond acceptors (Lipinski definition) is 3. The van der Waals surface area contributed by atoms with E-state index in [1.54, 1.807) is 6.20 Å². The number of hydrogen-bond donors (Lipinski definition) is 1. The Morgan fingerprint density at radius 1 is 1.29 bits per heavy atom. The van der Waals surface area contributed by atoms with Crippen molar-refractivity contribution in [1.82, 2.24) is 4.98 Å². The number of aliphatic hydroxyl groups excluding tert-OH is 1. The SMILES string of the molecule is Cc1cc(C#CCCO)ccc1OCc1cncc(F)c1. The van der Waals surface area contributed by atoms with Crippen LogP contribution in [0.25, 0.3) is 0 Å². The van der Waals surface area contributed by atoms with Gasteiger partial charge in [0.1, 0.15) is 18.2 Å². The summed E-state index contributed by atoms with van der Waals surface area (Å²) in [4.78, 5) is 3.78. The number of pyridine rings is 1. The lowest BCUT2D eigenvalue weighted by Crippen LogP contribution is -1.98. The fourth-order valence-corrected chi connectivity index (χ4v) is 1.81. The standard InChI is InChI=1S/C17H16FNO2/c1-13-8-14(4-2-3-7-20)5-6-17(13)21-12-15-9-16(18)11-19-10-15/h5-6,8-11,20H,3,7,12H2,1H3. The molecule has 0 saturated heterocycles. The van der Waals surface area contributed by atoms with Gasteiger partial charge in [-0.25, -0.2) is 4.39 Å². The second kappa shape index (κ2) is 7.41. The van der Waals surface area contributed by atoms with Crippen molar-refractivity contribution in [2.75, 3.05) is 6.61 Å². The third kappa shape index (κ3) is 4.59. The van der Waals surface area contributed by atoms with Crippen LogP contribution < -0.4 is 4.74 Å². The molecule has 4 heteroatoms. The van der Waals surface area contributed by atoms with Gasteiger partial charge in [-0.2, -0.15) is 0 Å². The monoisotopic (exact) mass is 285 g/mol. The van der Waals surface area contributed by atoms with E-state index in [0.717, 1.165) is 23.1 Å². The molecule has 1 heterocycles. The van der Waals surface area contributed by atoms with Gasteiger partial charge >= 0.3 is 0 Å². The molecule has 0 atom stereocenters. The zero-order valence-electron chi connectivity index (χ0n) is 11.8. The molecular weight excluding hydrogens is 269 g/mol. The summed E-state index contributed by atoms with van der Waals surface area (Å²) in [5, 5.41) is 8.69. The highest BCUT2D eigenvalue weighted by Crippen LogP contribution is 2.20. The first kappa shape index (κ1) is 15.0. The maximum Gasteiger partial charge on any atom is 0.141 e. The molecule has 0 aliphatic carbocycles. The number of aryl methyl sites for hydroxylation is 1. The Labute approximate surface area is 123 Å². The molecule has 21 heavy (non-hydrogen) atoms. The van der Waals surface area contributed by atoms with E-state index >= 15 is 0 Å². The van der Waals surface area contributed by atoms with Gasteiger partial charge in [0.25, 0.3) is 0 Å². The topological polar surface area (TPSA) is 42.4 Å². The summed E-state index contributed by atoms with van der Waals surface area (Å²) in [6.45, 7) is 2.26. The average molecular weight is 285 g/mol. The highest BCUT2D eigenvalue weighted by Gasteiger charge is 2.02. The van der Waals surface area contributed by atoms with Crippen LogP contribution in [0.3, 0.4) is 0 Å². The molecule has 0 bridgehead atoms. The van der Waals surface area contributed by atoms with Crippen molar-refractivity contribution in [2.24, 2.45) is 0 Å². The maximum atomic E-state index is 13.0. The number of aliphatic hydroxyl groups is 1. The number of rotatable bonds is 4. The minimum atomic E-state index is -0.373. The molecule has 0 saturated carbocycles. The number of ether oxygens (including phenoxy) is 1. The van der Waals surface area contributed by atoms with Crippen LogP contribution >= 0.6 is 0 Å². The highest BCUT2D eigenvalue weighted by atomic mass is 19.1. The summed E-state index contributed by atoms with van der Waals surface area (Å²) in [6.07, 6.45) is 3.20. The molecule has 0 amide bonds. The molecule has 3 nitrogen and oxygen atoms in total. The normalized spacial score (nSPS) is 9.86. The largest absolute Gasteiger partial charge is 0.489 e.